The molecule has 5 rings (SSSR count). The first kappa shape index (κ1) is 22.7. The molecule has 180 valence electrons. The monoisotopic (exact) mass is 465 g/mol. The lowest BCUT2D eigenvalue weighted by atomic mass is 10.0. The van der Waals surface area contributed by atoms with Gasteiger partial charge in [0.05, 0.1) is 26.3 Å². The maximum atomic E-state index is 13.2. The van der Waals surface area contributed by atoms with Crippen LogP contribution < -0.4 is 4.74 Å². The predicted octanol–water partition coefficient (Wildman–Crippen LogP) is 2.63. The average molecular weight is 466 g/mol. The summed E-state index contributed by atoms with van der Waals surface area (Å²) in [5.41, 5.74) is 1.02. The maximum Gasteiger partial charge on any atom is 0.410 e. The first-order valence-electron chi connectivity index (χ1n) is 11.9. The number of carbonyl (C=O) groups excluding carboxylic acids is 2. The van der Waals surface area contributed by atoms with E-state index in [0.29, 0.717) is 50.5 Å². The lowest BCUT2D eigenvalue weighted by Gasteiger charge is -2.26. The molecule has 2 aromatic rings. The summed E-state index contributed by atoms with van der Waals surface area (Å²) in [4.78, 5) is 31.6. The molecule has 3 aliphatic heterocycles. The van der Waals surface area contributed by atoms with Crippen molar-refractivity contribution in [2.24, 2.45) is 0 Å². The molecule has 34 heavy (non-hydrogen) atoms. The van der Waals surface area contributed by atoms with Gasteiger partial charge in [0.1, 0.15) is 12.4 Å². The van der Waals surface area contributed by atoms with Gasteiger partial charge in [-0.15, -0.1) is 0 Å². The van der Waals surface area contributed by atoms with Crippen LogP contribution in [0, 0.1) is 0 Å². The summed E-state index contributed by atoms with van der Waals surface area (Å²) in [5.74, 6) is 0.627. The molecule has 0 aromatic heterocycles. The topological polar surface area (TPSA) is 71.5 Å². The second-order valence-corrected chi connectivity index (χ2v) is 9.20. The van der Waals surface area contributed by atoms with Gasteiger partial charge in [0.15, 0.2) is 5.60 Å². The number of likely N-dealkylation sites (tertiary alicyclic amines) is 1. The summed E-state index contributed by atoms with van der Waals surface area (Å²) in [5, 5.41) is 0. The van der Waals surface area contributed by atoms with Crippen LogP contribution in [0.3, 0.4) is 0 Å². The fourth-order valence-electron chi connectivity index (χ4n) is 4.87. The molecule has 0 N–H and O–H groups in total. The average Bonchev–Trinajstić information content (AvgIpc) is 3.41. The van der Waals surface area contributed by atoms with E-state index in [1.165, 1.54) is 0 Å². The number of benzene rings is 2. The number of ether oxygens (including phenoxy) is 3. The number of morpholine rings is 1. The van der Waals surface area contributed by atoms with Crippen molar-refractivity contribution in [1.29, 1.82) is 0 Å². The second kappa shape index (κ2) is 10.0. The molecule has 0 radical (unpaired) electrons. The zero-order valence-corrected chi connectivity index (χ0v) is 19.4. The minimum Gasteiger partial charge on any atom is -0.492 e. The van der Waals surface area contributed by atoms with Crippen molar-refractivity contribution in [2.75, 3.05) is 59.1 Å². The quantitative estimate of drug-likeness (QED) is 0.626. The van der Waals surface area contributed by atoms with Crippen LogP contribution in [0.15, 0.2) is 54.6 Å². The fraction of sp³-hybridized carbons (Fsp3) is 0.462. The van der Waals surface area contributed by atoms with Crippen LogP contribution in [0.1, 0.15) is 22.3 Å². The molecule has 3 heterocycles. The fourth-order valence-corrected chi connectivity index (χ4v) is 4.87. The Morgan fingerprint density at radius 1 is 1.00 bits per heavy atom. The highest BCUT2D eigenvalue weighted by Crippen LogP contribution is 2.34. The number of carbonyl (C=O) groups is 2. The second-order valence-electron chi connectivity index (χ2n) is 9.20. The van der Waals surface area contributed by atoms with Crippen molar-refractivity contribution < 1.29 is 23.8 Å². The van der Waals surface area contributed by atoms with Gasteiger partial charge in [-0.3, -0.25) is 14.6 Å². The minimum absolute atomic E-state index is 0.0620. The van der Waals surface area contributed by atoms with Crippen molar-refractivity contribution in [3.05, 3.63) is 65.7 Å². The molecule has 1 spiro atoms. The summed E-state index contributed by atoms with van der Waals surface area (Å²) in [6, 6.07) is 17.2. The first-order valence-corrected chi connectivity index (χ1v) is 11.9. The van der Waals surface area contributed by atoms with Gasteiger partial charge in [0.2, 0.25) is 0 Å². The predicted molar refractivity (Wildman–Crippen MR) is 126 cm³/mol. The van der Waals surface area contributed by atoms with Crippen LogP contribution in [0.5, 0.6) is 5.75 Å². The molecule has 0 bridgehead atoms. The van der Waals surface area contributed by atoms with Gasteiger partial charge in [0, 0.05) is 44.7 Å². The molecule has 2 amide bonds. The number of amides is 2. The highest BCUT2D eigenvalue weighted by atomic mass is 16.6. The Kier molecular flexibility index (Phi) is 6.69. The van der Waals surface area contributed by atoms with Crippen molar-refractivity contribution in [3.63, 3.8) is 0 Å². The molecule has 1 unspecified atom stereocenters. The van der Waals surface area contributed by atoms with E-state index in [1.54, 1.807) is 15.9 Å². The van der Waals surface area contributed by atoms with Gasteiger partial charge in [0.25, 0.3) is 5.91 Å². The van der Waals surface area contributed by atoms with Crippen molar-refractivity contribution in [3.8, 4) is 5.75 Å². The van der Waals surface area contributed by atoms with Gasteiger partial charge in [-0.2, -0.15) is 0 Å². The van der Waals surface area contributed by atoms with Gasteiger partial charge in [-0.1, -0.05) is 36.4 Å². The summed E-state index contributed by atoms with van der Waals surface area (Å²) in [7, 11) is 0. The molecule has 1 atom stereocenters. The number of hydrogen-bond acceptors (Lipinski definition) is 6. The molecule has 0 aliphatic carbocycles. The van der Waals surface area contributed by atoms with E-state index < -0.39 is 5.60 Å². The van der Waals surface area contributed by atoms with Crippen molar-refractivity contribution in [1.82, 2.24) is 14.7 Å². The molecule has 8 heteroatoms. The van der Waals surface area contributed by atoms with E-state index in [0.717, 1.165) is 38.4 Å². The Balaban J connectivity index is 1.16. The van der Waals surface area contributed by atoms with E-state index in [2.05, 4.69) is 4.90 Å². The Hall–Kier alpha value is -3.10. The van der Waals surface area contributed by atoms with Gasteiger partial charge in [-0.25, -0.2) is 4.79 Å². The maximum absolute atomic E-state index is 13.2. The van der Waals surface area contributed by atoms with Crippen molar-refractivity contribution in [2.45, 2.75) is 18.6 Å². The molecule has 3 fully saturated rings. The molecule has 3 saturated heterocycles. The van der Waals surface area contributed by atoms with Gasteiger partial charge < -0.3 is 19.1 Å². The Morgan fingerprint density at radius 3 is 2.65 bits per heavy atom. The third-order valence-corrected chi connectivity index (χ3v) is 6.72. The van der Waals surface area contributed by atoms with Crippen LogP contribution in [0.4, 0.5) is 4.79 Å². The van der Waals surface area contributed by atoms with E-state index in [4.69, 9.17) is 14.2 Å². The molecular formula is C26H31N3O5. The lowest BCUT2D eigenvalue weighted by molar-refractivity contribution is 0.0322. The third-order valence-electron chi connectivity index (χ3n) is 6.72. The Labute approximate surface area is 200 Å². The largest absolute Gasteiger partial charge is 0.492 e. The summed E-state index contributed by atoms with van der Waals surface area (Å²) < 4.78 is 17.1. The zero-order chi connectivity index (χ0) is 23.4. The number of nitrogens with zero attached hydrogens (tertiary/aromatic N) is 3. The van der Waals surface area contributed by atoms with E-state index >= 15 is 0 Å². The molecular weight excluding hydrogens is 434 g/mol. The number of hydrogen-bond donors (Lipinski definition) is 0. The summed E-state index contributed by atoms with van der Waals surface area (Å²) in [6.07, 6.45) is 0.333. The smallest absolute Gasteiger partial charge is 0.410 e. The van der Waals surface area contributed by atoms with E-state index in [-0.39, 0.29) is 12.0 Å². The highest BCUT2D eigenvalue weighted by Gasteiger charge is 2.50. The Bertz CT molecular complexity index is 1010. The van der Waals surface area contributed by atoms with Crippen LogP contribution in [0.25, 0.3) is 0 Å². The van der Waals surface area contributed by atoms with Crippen LogP contribution in [-0.4, -0.2) is 91.4 Å². The summed E-state index contributed by atoms with van der Waals surface area (Å²) >= 11 is 0. The normalized spacial score (nSPS) is 22.9. The minimum atomic E-state index is -0.631. The van der Waals surface area contributed by atoms with E-state index in [1.807, 2.05) is 48.5 Å². The molecule has 0 saturated carbocycles. The highest BCUT2D eigenvalue weighted by molar-refractivity contribution is 5.95. The molecule has 2 aromatic carbocycles. The molecule has 3 aliphatic rings. The zero-order valence-electron chi connectivity index (χ0n) is 19.4. The van der Waals surface area contributed by atoms with Gasteiger partial charge >= 0.3 is 6.09 Å². The summed E-state index contributed by atoms with van der Waals surface area (Å²) in [6.45, 7) is 6.75. The van der Waals surface area contributed by atoms with Gasteiger partial charge in [-0.05, 0) is 23.8 Å². The third kappa shape index (κ3) is 5.18. The van der Waals surface area contributed by atoms with E-state index in [9.17, 15) is 9.59 Å². The van der Waals surface area contributed by atoms with Crippen LogP contribution in [-0.2, 0) is 16.0 Å². The van der Waals surface area contributed by atoms with Crippen LogP contribution >= 0.6 is 0 Å². The number of rotatable bonds is 7. The molecule has 8 nitrogen and oxygen atoms in total. The standard InChI is InChI=1S/C26H31N3O5/c30-24(22-7-4-8-23(17-22)33-16-13-27-11-14-32-15-12-27)28-10-9-26(19-28)20-29(25(31)34-26)18-21-5-2-1-3-6-21/h1-8,17H,9-16,18-20H2. The van der Waals surface area contributed by atoms with Crippen LogP contribution in [0.2, 0.25) is 0 Å². The first-order chi connectivity index (χ1) is 16.6. The van der Waals surface area contributed by atoms with Crippen molar-refractivity contribution >= 4 is 12.0 Å². The SMILES string of the molecule is O=C1OC2(CCN(C(=O)c3cccc(OCCN4CCOCC4)c3)C2)CN1Cc1ccccc1. The Morgan fingerprint density at radius 2 is 1.82 bits per heavy atom. The lowest BCUT2D eigenvalue weighted by Crippen LogP contribution is -2.39.